The van der Waals surface area contributed by atoms with Crippen LogP contribution in [-0.2, 0) is 21.2 Å². The van der Waals surface area contributed by atoms with Gasteiger partial charge in [-0.25, -0.2) is 8.42 Å². The van der Waals surface area contributed by atoms with Gasteiger partial charge in [0.2, 0.25) is 15.9 Å². The Morgan fingerprint density at radius 1 is 1.17 bits per heavy atom. The summed E-state index contributed by atoms with van der Waals surface area (Å²) in [6, 6.07) is 6.65. The molecule has 128 valence electrons. The number of amides is 1. The molecule has 1 heterocycles. The van der Waals surface area contributed by atoms with Crippen molar-refractivity contribution in [3.8, 4) is 0 Å². The molecule has 2 rings (SSSR count). The Hall–Kier alpha value is -1.56. The maximum absolute atomic E-state index is 12.7. The third-order valence-electron chi connectivity index (χ3n) is 4.33. The number of anilines is 1. The summed E-state index contributed by atoms with van der Waals surface area (Å²) in [6.45, 7) is 5.16. The van der Waals surface area contributed by atoms with Gasteiger partial charge in [-0.15, -0.1) is 0 Å². The molecule has 1 saturated heterocycles. The summed E-state index contributed by atoms with van der Waals surface area (Å²) in [5.41, 5.74) is 1.68. The molecular weight excluding hydrogens is 312 g/mol. The molecule has 0 aliphatic carbocycles. The summed E-state index contributed by atoms with van der Waals surface area (Å²) in [5, 5.41) is 0. The van der Waals surface area contributed by atoms with Gasteiger partial charge in [0.15, 0.2) is 0 Å². The molecule has 23 heavy (non-hydrogen) atoms. The minimum absolute atomic E-state index is 0.116. The van der Waals surface area contributed by atoms with Crippen molar-refractivity contribution < 1.29 is 13.2 Å². The van der Waals surface area contributed by atoms with Crippen LogP contribution in [-0.4, -0.2) is 44.6 Å². The fraction of sp³-hybridized carbons (Fsp3) is 0.588. The number of benzene rings is 1. The van der Waals surface area contributed by atoms with E-state index in [1.807, 2.05) is 19.1 Å². The molecule has 0 aromatic heterocycles. The Labute approximate surface area is 139 Å². The Morgan fingerprint density at radius 3 is 2.22 bits per heavy atom. The summed E-state index contributed by atoms with van der Waals surface area (Å²) in [6.07, 6.45) is 5.15. The van der Waals surface area contributed by atoms with Gasteiger partial charge in [0.25, 0.3) is 0 Å². The summed E-state index contributed by atoms with van der Waals surface area (Å²) in [5.74, 6) is -0.116. The van der Waals surface area contributed by atoms with Gasteiger partial charge in [-0.05, 0) is 50.3 Å². The van der Waals surface area contributed by atoms with Gasteiger partial charge in [-0.2, -0.15) is 0 Å². The molecule has 6 heteroatoms. The Balaban J connectivity index is 2.28. The highest BCUT2D eigenvalue weighted by Crippen LogP contribution is 2.23. The van der Waals surface area contributed by atoms with E-state index in [9.17, 15) is 13.2 Å². The maximum atomic E-state index is 12.7. The molecule has 1 aromatic carbocycles. The minimum Gasteiger partial charge on any atom is -0.341 e. The molecule has 0 spiro atoms. The summed E-state index contributed by atoms with van der Waals surface area (Å²) >= 11 is 0. The SMILES string of the molecule is CCc1ccc(N(C(C)C(=O)N2CCCCC2)S(C)(=O)=O)cc1. The number of nitrogens with zero attached hydrogens (tertiary/aromatic N) is 2. The van der Waals surface area contributed by atoms with Crippen molar-refractivity contribution in [1.29, 1.82) is 0 Å². The van der Waals surface area contributed by atoms with Crippen LogP contribution in [0.4, 0.5) is 5.69 Å². The zero-order valence-corrected chi connectivity index (χ0v) is 15.0. The fourth-order valence-electron chi connectivity index (χ4n) is 3.06. The number of likely N-dealkylation sites (tertiary alicyclic amines) is 1. The molecule has 0 saturated carbocycles. The standard InChI is InChI=1S/C17H26N2O3S/c1-4-15-8-10-16(11-9-15)19(23(3,21)22)14(2)17(20)18-12-6-5-7-13-18/h8-11,14H,4-7,12-13H2,1-3H3. The second-order valence-corrected chi connectivity index (χ2v) is 8.00. The normalized spacial score (nSPS) is 16.9. The van der Waals surface area contributed by atoms with Crippen LogP contribution in [0.25, 0.3) is 0 Å². The topological polar surface area (TPSA) is 57.7 Å². The largest absolute Gasteiger partial charge is 0.341 e. The van der Waals surface area contributed by atoms with Crippen molar-refractivity contribution in [2.24, 2.45) is 0 Å². The predicted octanol–water partition coefficient (Wildman–Crippen LogP) is 2.42. The van der Waals surface area contributed by atoms with Crippen molar-refractivity contribution in [3.05, 3.63) is 29.8 Å². The van der Waals surface area contributed by atoms with Gasteiger partial charge >= 0.3 is 0 Å². The third-order valence-corrected chi connectivity index (χ3v) is 5.57. The van der Waals surface area contributed by atoms with E-state index in [1.54, 1.807) is 24.0 Å². The molecule has 1 unspecified atom stereocenters. The lowest BCUT2D eigenvalue weighted by Gasteiger charge is -2.34. The molecule has 0 bridgehead atoms. The number of sulfonamides is 1. The van der Waals surface area contributed by atoms with Crippen LogP contribution in [0.2, 0.25) is 0 Å². The molecule has 1 aliphatic heterocycles. The quantitative estimate of drug-likeness (QED) is 0.828. The van der Waals surface area contributed by atoms with Gasteiger partial charge in [-0.1, -0.05) is 19.1 Å². The second-order valence-electron chi connectivity index (χ2n) is 6.14. The first-order valence-corrected chi connectivity index (χ1v) is 10.1. The molecule has 0 N–H and O–H groups in total. The fourth-order valence-corrected chi connectivity index (χ4v) is 4.23. The van der Waals surface area contributed by atoms with Crippen LogP contribution < -0.4 is 4.31 Å². The average molecular weight is 338 g/mol. The molecular formula is C17H26N2O3S. The zero-order chi connectivity index (χ0) is 17.0. The number of aryl methyl sites for hydroxylation is 1. The number of hydrogen-bond acceptors (Lipinski definition) is 3. The maximum Gasteiger partial charge on any atom is 0.246 e. The van der Waals surface area contributed by atoms with Crippen molar-refractivity contribution in [1.82, 2.24) is 4.90 Å². The van der Waals surface area contributed by atoms with E-state index in [0.29, 0.717) is 5.69 Å². The number of rotatable bonds is 5. The first kappa shape index (κ1) is 17.8. The lowest BCUT2D eigenvalue weighted by molar-refractivity contribution is -0.132. The van der Waals surface area contributed by atoms with E-state index in [2.05, 4.69) is 0 Å². The molecule has 0 radical (unpaired) electrons. The first-order valence-electron chi connectivity index (χ1n) is 8.21. The number of carbonyl (C=O) groups excluding carboxylic acids is 1. The summed E-state index contributed by atoms with van der Waals surface area (Å²) in [7, 11) is -3.53. The average Bonchev–Trinajstić information content (AvgIpc) is 2.54. The molecule has 1 amide bonds. The van der Waals surface area contributed by atoms with Gasteiger partial charge in [0, 0.05) is 13.1 Å². The van der Waals surface area contributed by atoms with Crippen LogP contribution in [0.5, 0.6) is 0 Å². The van der Waals surface area contributed by atoms with Gasteiger partial charge < -0.3 is 4.90 Å². The zero-order valence-electron chi connectivity index (χ0n) is 14.2. The van der Waals surface area contributed by atoms with Gasteiger partial charge in [-0.3, -0.25) is 9.10 Å². The van der Waals surface area contributed by atoms with Crippen LogP contribution in [0.15, 0.2) is 24.3 Å². The molecule has 1 aromatic rings. The van der Waals surface area contributed by atoms with Gasteiger partial charge in [0.1, 0.15) is 6.04 Å². The van der Waals surface area contributed by atoms with Crippen molar-refractivity contribution in [2.75, 3.05) is 23.7 Å². The van der Waals surface area contributed by atoms with Crippen molar-refractivity contribution >= 4 is 21.6 Å². The van der Waals surface area contributed by atoms with Crippen LogP contribution >= 0.6 is 0 Å². The van der Waals surface area contributed by atoms with E-state index in [-0.39, 0.29) is 5.91 Å². The monoisotopic (exact) mass is 338 g/mol. The van der Waals surface area contributed by atoms with Crippen molar-refractivity contribution in [2.45, 2.75) is 45.6 Å². The molecule has 1 aliphatic rings. The van der Waals surface area contributed by atoms with E-state index < -0.39 is 16.1 Å². The van der Waals surface area contributed by atoms with E-state index >= 15 is 0 Å². The molecule has 5 nitrogen and oxygen atoms in total. The van der Waals surface area contributed by atoms with Crippen LogP contribution in [0.1, 0.15) is 38.7 Å². The third kappa shape index (κ3) is 4.25. The van der Waals surface area contributed by atoms with E-state index in [4.69, 9.17) is 0 Å². The minimum atomic E-state index is -3.53. The van der Waals surface area contributed by atoms with E-state index in [0.717, 1.165) is 50.6 Å². The van der Waals surface area contributed by atoms with E-state index in [1.165, 1.54) is 4.31 Å². The highest BCUT2D eigenvalue weighted by Gasteiger charge is 2.32. The highest BCUT2D eigenvalue weighted by molar-refractivity contribution is 7.92. The molecule has 1 atom stereocenters. The second kappa shape index (κ2) is 7.34. The smallest absolute Gasteiger partial charge is 0.246 e. The lowest BCUT2D eigenvalue weighted by Crippen LogP contribution is -2.50. The van der Waals surface area contributed by atoms with Crippen LogP contribution in [0, 0.1) is 0 Å². The Bertz CT molecular complexity index is 634. The Kier molecular flexibility index (Phi) is 5.68. The summed E-state index contributed by atoms with van der Waals surface area (Å²) in [4.78, 5) is 14.5. The first-order chi connectivity index (χ1) is 10.8. The number of hydrogen-bond donors (Lipinski definition) is 0. The predicted molar refractivity (Wildman–Crippen MR) is 93.0 cm³/mol. The number of carbonyl (C=O) groups is 1. The summed E-state index contributed by atoms with van der Waals surface area (Å²) < 4.78 is 25.8. The van der Waals surface area contributed by atoms with Gasteiger partial charge in [0.05, 0.1) is 11.9 Å². The number of piperidine rings is 1. The van der Waals surface area contributed by atoms with Crippen LogP contribution in [0.3, 0.4) is 0 Å². The molecule has 1 fully saturated rings. The lowest BCUT2D eigenvalue weighted by atomic mass is 10.1. The highest BCUT2D eigenvalue weighted by atomic mass is 32.2. The Morgan fingerprint density at radius 2 is 1.74 bits per heavy atom. The van der Waals surface area contributed by atoms with Crippen molar-refractivity contribution in [3.63, 3.8) is 0 Å².